The van der Waals surface area contributed by atoms with Crippen LogP contribution < -0.4 is 11.1 Å². The standard InChI is InChI=1S/C13H21N3O/c1-3-9(2)7-15-13(17)12-6-10(14)8-16(12)11-4-5-11/h6,8-9,11H,3-5,7,14H2,1-2H3,(H,15,17). The lowest BCUT2D eigenvalue weighted by molar-refractivity contribution is 0.0938. The Bertz CT molecular complexity index is 407. The van der Waals surface area contributed by atoms with Crippen molar-refractivity contribution in [2.75, 3.05) is 12.3 Å². The second kappa shape index (κ2) is 4.82. The van der Waals surface area contributed by atoms with Crippen LogP contribution in [-0.4, -0.2) is 17.0 Å². The molecule has 2 rings (SSSR count). The number of hydrogen-bond donors (Lipinski definition) is 2. The lowest BCUT2D eigenvalue weighted by atomic mass is 10.1. The van der Waals surface area contributed by atoms with Crippen molar-refractivity contribution < 1.29 is 4.79 Å². The Balaban J connectivity index is 2.03. The van der Waals surface area contributed by atoms with Crippen molar-refractivity contribution in [1.82, 2.24) is 9.88 Å². The molecule has 1 aliphatic rings. The molecule has 0 spiro atoms. The average molecular weight is 235 g/mol. The highest BCUT2D eigenvalue weighted by molar-refractivity contribution is 5.93. The highest BCUT2D eigenvalue weighted by Gasteiger charge is 2.27. The van der Waals surface area contributed by atoms with Gasteiger partial charge >= 0.3 is 0 Å². The fourth-order valence-electron chi connectivity index (χ4n) is 1.84. The van der Waals surface area contributed by atoms with Crippen LogP contribution in [0.1, 0.15) is 49.6 Å². The van der Waals surface area contributed by atoms with Gasteiger partial charge in [0, 0.05) is 18.8 Å². The van der Waals surface area contributed by atoms with Gasteiger partial charge in [-0.15, -0.1) is 0 Å². The van der Waals surface area contributed by atoms with Crippen molar-refractivity contribution in [3.63, 3.8) is 0 Å². The minimum Gasteiger partial charge on any atom is -0.397 e. The van der Waals surface area contributed by atoms with Crippen LogP contribution in [0.15, 0.2) is 12.3 Å². The van der Waals surface area contributed by atoms with Gasteiger partial charge in [0.15, 0.2) is 0 Å². The van der Waals surface area contributed by atoms with E-state index in [1.807, 2.05) is 10.8 Å². The number of nitrogens with one attached hydrogen (secondary N) is 1. The number of aromatic nitrogens is 1. The van der Waals surface area contributed by atoms with E-state index >= 15 is 0 Å². The lowest BCUT2D eigenvalue weighted by Crippen LogP contribution is -2.29. The molecule has 1 amide bonds. The molecule has 0 aromatic carbocycles. The molecule has 3 N–H and O–H groups in total. The molecule has 1 unspecified atom stereocenters. The summed E-state index contributed by atoms with van der Waals surface area (Å²) >= 11 is 0. The number of rotatable bonds is 5. The zero-order valence-electron chi connectivity index (χ0n) is 10.6. The molecule has 1 aromatic rings. The predicted molar refractivity (Wildman–Crippen MR) is 68.9 cm³/mol. The first-order valence-electron chi connectivity index (χ1n) is 6.37. The fraction of sp³-hybridized carbons (Fsp3) is 0.615. The van der Waals surface area contributed by atoms with Crippen LogP contribution in [0.5, 0.6) is 0 Å². The molecule has 4 heteroatoms. The molecular weight excluding hydrogens is 214 g/mol. The van der Waals surface area contributed by atoms with Crippen molar-refractivity contribution in [3.8, 4) is 0 Å². The van der Waals surface area contributed by atoms with Crippen molar-refractivity contribution >= 4 is 11.6 Å². The van der Waals surface area contributed by atoms with Gasteiger partial charge in [-0.25, -0.2) is 0 Å². The van der Waals surface area contributed by atoms with Crippen LogP contribution in [-0.2, 0) is 0 Å². The Morgan fingerprint density at radius 3 is 2.94 bits per heavy atom. The maximum atomic E-state index is 12.0. The summed E-state index contributed by atoms with van der Waals surface area (Å²) < 4.78 is 2.02. The third kappa shape index (κ3) is 2.81. The van der Waals surface area contributed by atoms with E-state index in [1.54, 1.807) is 6.07 Å². The molecule has 4 nitrogen and oxygen atoms in total. The molecule has 0 radical (unpaired) electrons. The van der Waals surface area contributed by atoms with Gasteiger partial charge in [-0.3, -0.25) is 4.79 Å². The van der Waals surface area contributed by atoms with E-state index in [4.69, 9.17) is 5.73 Å². The van der Waals surface area contributed by atoms with Crippen molar-refractivity contribution in [1.29, 1.82) is 0 Å². The van der Waals surface area contributed by atoms with Gasteiger partial charge in [0.1, 0.15) is 5.69 Å². The highest BCUT2D eigenvalue weighted by atomic mass is 16.1. The Hall–Kier alpha value is -1.45. The van der Waals surface area contributed by atoms with Crippen LogP contribution in [0.3, 0.4) is 0 Å². The average Bonchev–Trinajstić information content (AvgIpc) is 3.09. The summed E-state index contributed by atoms with van der Waals surface area (Å²) in [4.78, 5) is 12.0. The normalized spacial score (nSPS) is 16.8. The van der Waals surface area contributed by atoms with Crippen LogP contribution in [0.25, 0.3) is 0 Å². The van der Waals surface area contributed by atoms with Gasteiger partial charge in [-0.1, -0.05) is 20.3 Å². The Morgan fingerprint density at radius 2 is 2.35 bits per heavy atom. The van der Waals surface area contributed by atoms with Crippen LogP contribution in [0.2, 0.25) is 0 Å². The molecule has 0 aliphatic heterocycles. The van der Waals surface area contributed by atoms with Crippen LogP contribution >= 0.6 is 0 Å². The topological polar surface area (TPSA) is 60.1 Å². The quantitative estimate of drug-likeness (QED) is 0.821. The molecule has 0 bridgehead atoms. The minimum absolute atomic E-state index is 0.00565. The van der Waals surface area contributed by atoms with Gasteiger partial charge in [-0.2, -0.15) is 0 Å². The molecule has 17 heavy (non-hydrogen) atoms. The number of hydrogen-bond acceptors (Lipinski definition) is 2. The summed E-state index contributed by atoms with van der Waals surface area (Å²) in [5.41, 5.74) is 7.14. The first-order valence-corrected chi connectivity index (χ1v) is 6.37. The number of nitrogens with zero attached hydrogens (tertiary/aromatic N) is 1. The molecule has 94 valence electrons. The van der Waals surface area contributed by atoms with Crippen molar-refractivity contribution in [3.05, 3.63) is 18.0 Å². The van der Waals surface area contributed by atoms with E-state index in [0.717, 1.165) is 25.8 Å². The van der Waals surface area contributed by atoms with Crippen LogP contribution in [0.4, 0.5) is 5.69 Å². The number of anilines is 1. The summed E-state index contributed by atoms with van der Waals surface area (Å²) in [5.74, 6) is 0.509. The summed E-state index contributed by atoms with van der Waals surface area (Å²) in [6.45, 7) is 4.99. The van der Waals surface area contributed by atoms with Crippen molar-refractivity contribution in [2.24, 2.45) is 5.92 Å². The first kappa shape index (κ1) is 12.0. The van der Waals surface area contributed by atoms with Gasteiger partial charge in [-0.05, 0) is 24.8 Å². The third-order valence-corrected chi connectivity index (χ3v) is 3.35. The number of nitrogens with two attached hydrogens (primary N) is 1. The molecule has 1 heterocycles. The summed E-state index contributed by atoms with van der Waals surface area (Å²) in [5, 5.41) is 2.97. The molecule has 0 saturated heterocycles. The number of nitrogen functional groups attached to an aromatic ring is 1. The smallest absolute Gasteiger partial charge is 0.268 e. The Kier molecular flexibility index (Phi) is 3.41. The van der Waals surface area contributed by atoms with E-state index in [2.05, 4.69) is 19.2 Å². The summed E-state index contributed by atoms with van der Waals surface area (Å²) in [7, 11) is 0. The third-order valence-electron chi connectivity index (χ3n) is 3.35. The highest BCUT2D eigenvalue weighted by Crippen LogP contribution is 2.37. The van der Waals surface area contributed by atoms with E-state index < -0.39 is 0 Å². The molecular formula is C13H21N3O. The SMILES string of the molecule is CCC(C)CNC(=O)c1cc(N)cn1C1CC1. The second-order valence-corrected chi connectivity index (χ2v) is 5.02. The molecule has 1 saturated carbocycles. The maximum Gasteiger partial charge on any atom is 0.268 e. The van der Waals surface area contributed by atoms with Gasteiger partial charge in [0.25, 0.3) is 5.91 Å². The van der Waals surface area contributed by atoms with Gasteiger partial charge in [0.2, 0.25) is 0 Å². The Morgan fingerprint density at radius 1 is 1.65 bits per heavy atom. The summed E-state index contributed by atoms with van der Waals surface area (Å²) in [6, 6.07) is 2.25. The lowest BCUT2D eigenvalue weighted by Gasteiger charge is -2.11. The van der Waals surface area contributed by atoms with Gasteiger partial charge in [0.05, 0.1) is 5.69 Å². The van der Waals surface area contributed by atoms with E-state index in [9.17, 15) is 4.79 Å². The minimum atomic E-state index is -0.00565. The largest absolute Gasteiger partial charge is 0.397 e. The van der Waals surface area contributed by atoms with E-state index in [1.165, 1.54) is 0 Å². The molecule has 1 atom stereocenters. The first-order chi connectivity index (χ1) is 8.11. The Labute approximate surface area is 102 Å². The monoisotopic (exact) mass is 235 g/mol. The molecule has 1 aromatic heterocycles. The van der Waals surface area contributed by atoms with Crippen LogP contribution in [0, 0.1) is 5.92 Å². The zero-order chi connectivity index (χ0) is 12.4. The number of carbonyl (C=O) groups is 1. The van der Waals surface area contributed by atoms with Gasteiger partial charge < -0.3 is 15.6 Å². The fourth-order valence-corrected chi connectivity index (χ4v) is 1.84. The predicted octanol–water partition coefficient (Wildman–Crippen LogP) is 2.18. The maximum absolute atomic E-state index is 12.0. The van der Waals surface area contributed by atoms with E-state index in [0.29, 0.717) is 23.3 Å². The molecule has 1 aliphatic carbocycles. The number of carbonyl (C=O) groups excluding carboxylic acids is 1. The summed E-state index contributed by atoms with van der Waals surface area (Å²) in [6.07, 6.45) is 5.25. The molecule has 1 fully saturated rings. The number of amides is 1. The van der Waals surface area contributed by atoms with Crippen molar-refractivity contribution in [2.45, 2.75) is 39.2 Å². The van der Waals surface area contributed by atoms with E-state index in [-0.39, 0.29) is 5.91 Å². The zero-order valence-corrected chi connectivity index (χ0v) is 10.6. The second-order valence-electron chi connectivity index (χ2n) is 5.02.